The highest BCUT2D eigenvalue weighted by Crippen LogP contribution is 2.25. The summed E-state index contributed by atoms with van der Waals surface area (Å²) in [5.41, 5.74) is 0. The number of sulfonamides is 1. The first kappa shape index (κ1) is 13.5. The van der Waals surface area contributed by atoms with E-state index in [-0.39, 0.29) is 5.03 Å². The standard InChI is InChI=1S/C9H11BrN4O2S2/c1-3-14-5-8(12-6(14)2)18(15,16)13-9-11-4-7(10)17-9/h4-5H,3H2,1-2H3,(H,11,13). The Morgan fingerprint density at radius 1 is 1.56 bits per heavy atom. The van der Waals surface area contributed by atoms with Gasteiger partial charge in [0, 0.05) is 12.7 Å². The van der Waals surface area contributed by atoms with Gasteiger partial charge in [-0.1, -0.05) is 11.3 Å². The molecule has 0 spiro atoms. The molecule has 0 aliphatic carbocycles. The number of anilines is 1. The lowest BCUT2D eigenvalue weighted by atomic mass is 10.6. The maximum absolute atomic E-state index is 12.1. The van der Waals surface area contributed by atoms with Crippen molar-refractivity contribution in [2.24, 2.45) is 0 Å². The van der Waals surface area contributed by atoms with E-state index in [0.29, 0.717) is 17.5 Å². The van der Waals surface area contributed by atoms with E-state index < -0.39 is 10.0 Å². The second-order valence-corrected chi connectivity index (χ2v) is 7.53. The topological polar surface area (TPSA) is 76.9 Å². The number of nitrogens with zero attached hydrogens (tertiary/aromatic N) is 3. The molecule has 2 heterocycles. The molecule has 0 unspecified atom stereocenters. The molecule has 0 bridgehead atoms. The number of aryl methyl sites for hydroxylation is 2. The SMILES string of the molecule is CCn1cc(S(=O)(=O)Nc2ncc(Br)s2)nc1C. The second-order valence-electron chi connectivity index (χ2n) is 3.49. The summed E-state index contributed by atoms with van der Waals surface area (Å²) in [5.74, 6) is 0.665. The van der Waals surface area contributed by atoms with Crippen molar-refractivity contribution in [2.75, 3.05) is 4.72 Å². The van der Waals surface area contributed by atoms with Crippen LogP contribution >= 0.6 is 27.3 Å². The number of rotatable bonds is 4. The zero-order valence-corrected chi connectivity index (χ0v) is 12.9. The summed E-state index contributed by atoms with van der Waals surface area (Å²) in [6.45, 7) is 4.37. The van der Waals surface area contributed by atoms with Gasteiger partial charge in [0.05, 0.1) is 9.98 Å². The molecule has 1 N–H and O–H groups in total. The Balaban J connectivity index is 2.30. The Morgan fingerprint density at radius 2 is 2.28 bits per heavy atom. The molecule has 2 rings (SSSR count). The summed E-state index contributed by atoms with van der Waals surface area (Å²) in [5, 5.41) is 0.318. The average Bonchev–Trinajstić information content (AvgIpc) is 2.84. The average molecular weight is 351 g/mol. The third-order valence-electron chi connectivity index (χ3n) is 2.27. The predicted molar refractivity (Wildman–Crippen MR) is 73.3 cm³/mol. The van der Waals surface area contributed by atoms with Crippen LogP contribution in [0.15, 0.2) is 21.2 Å². The lowest BCUT2D eigenvalue weighted by Gasteiger charge is -2.00. The first-order valence-corrected chi connectivity index (χ1v) is 8.19. The number of imidazole rings is 1. The van der Waals surface area contributed by atoms with Crippen LogP contribution in [0.25, 0.3) is 0 Å². The van der Waals surface area contributed by atoms with Gasteiger partial charge in [0.15, 0.2) is 10.2 Å². The van der Waals surface area contributed by atoms with Gasteiger partial charge in [-0.2, -0.15) is 8.42 Å². The molecule has 6 nitrogen and oxygen atoms in total. The fourth-order valence-electron chi connectivity index (χ4n) is 1.40. The summed E-state index contributed by atoms with van der Waals surface area (Å²) in [6.07, 6.45) is 3.05. The highest BCUT2D eigenvalue weighted by molar-refractivity contribution is 9.11. The summed E-state index contributed by atoms with van der Waals surface area (Å²) in [7, 11) is -3.67. The van der Waals surface area contributed by atoms with E-state index in [1.807, 2.05) is 6.92 Å². The van der Waals surface area contributed by atoms with Crippen LogP contribution in [0, 0.1) is 6.92 Å². The molecular formula is C9H11BrN4O2S2. The maximum atomic E-state index is 12.1. The Hall–Kier alpha value is -0.930. The number of nitrogens with one attached hydrogen (secondary N) is 1. The van der Waals surface area contributed by atoms with Gasteiger partial charge in [0.2, 0.25) is 0 Å². The Bertz CT molecular complexity index is 662. The summed E-state index contributed by atoms with van der Waals surface area (Å²) in [4.78, 5) is 7.96. The van der Waals surface area contributed by atoms with Crippen molar-refractivity contribution in [3.8, 4) is 0 Å². The third kappa shape index (κ3) is 2.73. The summed E-state index contributed by atoms with van der Waals surface area (Å²) < 4.78 is 29.0. The molecule has 9 heteroatoms. The van der Waals surface area contributed by atoms with Crippen molar-refractivity contribution in [1.29, 1.82) is 0 Å². The molecule has 0 radical (unpaired) electrons. The lowest BCUT2D eigenvalue weighted by Crippen LogP contribution is -2.13. The quantitative estimate of drug-likeness (QED) is 0.916. The molecule has 0 aliphatic rings. The lowest BCUT2D eigenvalue weighted by molar-refractivity contribution is 0.598. The predicted octanol–water partition coefficient (Wildman–Crippen LogP) is 2.23. The Labute approximate surface area is 117 Å². The second kappa shape index (κ2) is 4.98. The molecule has 0 aromatic carbocycles. The zero-order valence-electron chi connectivity index (χ0n) is 9.71. The molecule has 0 amide bonds. The van der Waals surface area contributed by atoms with Crippen molar-refractivity contribution in [2.45, 2.75) is 25.4 Å². The van der Waals surface area contributed by atoms with E-state index in [1.54, 1.807) is 17.7 Å². The fourth-order valence-corrected chi connectivity index (χ4v) is 3.76. The minimum absolute atomic E-state index is 0.00757. The van der Waals surface area contributed by atoms with Crippen molar-refractivity contribution in [3.05, 3.63) is 22.0 Å². The highest BCUT2D eigenvalue weighted by atomic mass is 79.9. The third-order valence-corrected chi connectivity index (χ3v) is 5.00. The van der Waals surface area contributed by atoms with E-state index in [9.17, 15) is 8.42 Å². The van der Waals surface area contributed by atoms with Gasteiger partial charge in [0.1, 0.15) is 5.82 Å². The van der Waals surface area contributed by atoms with Crippen molar-refractivity contribution >= 4 is 42.4 Å². The number of halogens is 1. The van der Waals surface area contributed by atoms with Crippen LogP contribution in [0.2, 0.25) is 0 Å². The summed E-state index contributed by atoms with van der Waals surface area (Å²) in [6, 6.07) is 0. The molecule has 0 saturated carbocycles. The van der Waals surface area contributed by atoms with Crippen molar-refractivity contribution in [1.82, 2.24) is 14.5 Å². The van der Waals surface area contributed by atoms with Gasteiger partial charge >= 0.3 is 0 Å². The van der Waals surface area contributed by atoms with Gasteiger partial charge in [-0.15, -0.1) is 0 Å². The summed E-state index contributed by atoms with van der Waals surface area (Å²) >= 11 is 4.43. The minimum atomic E-state index is -3.67. The van der Waals surface area contributed by atoms with Crippen LogP contribution in [0.5, 0.6) is 0 Å². The monoisotopic (exact) mass is 350 g/mol. The van der Waals surface area contributed by atoms with E-state index in [1.165, 1.54) is 17.5 Å². The fraction of sp³-hybridized carbons (Fsp3) is 0.333. The Kier molecular flexibility index (Phi) is 3.74. The smallest absolute Gasteiger partial charge is 0.282 e. The van der Waals surface area contributed by atoms with E-state index in [2.05, 4.69) is 30.6 Å². The van der Waals surface area contributed by atoms with Crippen molar-refractivity contribution in [3.63, 3.8) is 0 Å². The number of thiazole rings is 1. The van der Waals surface area contributed by atoms with Crippen LogP contribution in [0.4, 0.5) is 5.13 Å². The number of hydrogen-bond donors (Lipinski definition) is 1. The molecule has 0 fully saturated rings. The first-order chi connectivity index (χ1) is 8.42. The van der Waals surface area contributed by atoms with Gasteiger partial charge in [-0.25, -0.2) is 9.97 Å². The number of hydrogen-bond acceptors (Lipinski definition) is 5. The van der Waals surface area contributed by atoms with Gasteiger partial charge in [-0.3, -0.25) is 4.72 Å². The van der Waals surface area contributed by atoms with E-state index in [0.717, 1.165) is 3.79 Å². The Morgan fingerprint density at radius 3 is 2.78 bits per heavy atom. The van der Waals surface area contributed by atoms with Crippen LogP contribution in [-0.2, 0) is 16.6 Å². The van der Waals surface area contributed by atoms with Crippen LogP contribution in [0.3, 0.4) is 0 Å². The highest BCUT2D eigenvalue weighted by Gasteiger charge is 2.20. The van der Waals surface area contributed by atoms with Gasteiger partial charge in [-0.05, 0) is 29.8 Å². The van der Waals surface area contributed by atoms with Crippen LogP contribution < -0.4 is 4.72 Å². The molecule has 2 aromatic rings. The minimum Gasteiger partial charge on any atom is -0.334 e. The van der Waals surface area contributed by atoms with Crippen LogP contribution in [-0.4, -0.2) is 23.0 Å². The van der Waals surface area contributed by atoms with Crippen molar-refractivity contribution < 1.29 is 8.42 Å². The normalized spacial score (nSPS) is 11.7. The molecule has 18 heavy (non-hydrogen) atoms. The largest absolute Gasteiger partial charge is 0.334 e. The zero-order chi connectivity index (χ0) is 13.3. The molecule has 2 aromatic heterocycles. The molecule has 0 saturated heterocycles. The first-order valence-electron chi connectivity index (χ1n) is 5.10. The molecule has 0 aliphatic heterocycles. The van der Waals surface area contributed by atoms with Gasteiger partial charge in [0.25, 0.3) is 10.0 Å². The van der Waals surface area contributed by atoms with E-state index >= 15 is 0 Å². The molecule has 0 atom stereocenters. The van der Waals surface area contributed by atoms with E-state index in [4.69, 9.17) is 0 Å². The number of aromatic nitrogens is 3. The van der Waals surface area contributed by atoms with Gasteiger partial charge < -0.3 is 4.57 Å². The van der Waals surface area contributed by atoms with Crippen LogP contribution in [0.1, 0.15) is 12.7 Å². The molecular weight excluding hydrogens is 340 g/mol. The molecule has 98 valence electrons. The maximum Gasteiger partial charge on any atom is 0.282 e.